The first kappa shape index (κ1) is 26.1. The highest BCUT2D eigenvalue weighted by molar-refractivity contribution is 8.01. The van der Waals surface area contributed by atoms with Crippen LogP contribution in [0.5, 0.6) is 0 Å². The highest BCUT2D eigenvalue weighted by Gasteiger charge is 2.23. The first-order chi connectivity index (χ1) is 17.4. The zero-order chi connectivity index (χ0) is 27.1. The summed E-state index contributed by atoms with van der Waals surface area (Å²) in [4.78, 5) is 37.5. The Labute approximate surface area is 216 Å². The summed E-state index contributed by atoms with van der Waals surface area (Å²) in [5, 5.41) is 11.7. The van der Waals surface area contributed by atoms with Crippen LogP contribution in [0.4, 0.5) is 0 Å². The van der Waals surface area contributed by atoms with Crippen LogP contribution in [0.2, 0.25) is 0 Å². The lowest BCUT2D eigenvalue weighted by Crippen LogP contribution is -2.28. The van der Waals surface area contributed by atoms with Gasteiger partial charge in [0.05, 0.1) is 11.7 Å². The summed E-state index contributed by atoms with van der Waals surface area (Å²) in [5.74, 6) is -0.397. The van der Waals surface area contributed by atoms with Crippen LogP contribution in [0.15, 0.2) is 35.4 Å². The minimum absolute atomic E-state index is 0.182. The Morgan fingerprint density at radius 3 is 2.51 bits per heavy atom. The number of nitrogens with zero attached hydrogens (tertiary/aromatic N) is 7. The smallest absolute Gasteiger partial charge is 0.273 e. The molecule has 3 heterocycles. The molecule has 0 radical (unpaired) electrons. The van der Waals surface area contributed by atoms with Crippen molar-refractivity contribution in [2.24, 2.45) is 7.05 Å². The number of thiol groups is 1. The summed E-state index contributed by atoms with van der Waals surface area (Å²) >= 11 is 0. The summed E-state index contributed by atoms with van der Waals surface area (Å²) in [6, 6.07) is 6.83. The van der Waals surface area contributed by atoms with Crippen molar-refractivity contribution >= 4 is 32.6 Å². The number of aryl methyl sites for hydroxylation is 2. The second-order valence-electron chi connectivity index (χ2n) is 9.30. The van der Waals surface area contributed by atoms with E-state index in [9.17, 15) is 13.8 Å². The number of benzene rings is 1. The number of carbonyl (C=O) groups excluding carboxylic acids is 2. The lowest BCUT2D eigenvalue weighted by Gasteiger charge is -2.19. The molecule has 0 atom stereocenters. The number of carbonyl (C=O) groups is 2. The largest absolute Gasteiger partial charge is 0.354 e. The molecule has 0 aliphatic heterocycles. The molecule has 0 unspecified atom stereocenters. The average molecular weight is 525 g/mol. The number of aromatic nitrogens is 6. The number of rotatable bonds is 7. The molecule has 196 valence electrons. The molecular formula is C25H32N8O3S. The molecule has 4 aromatic rings. The fourth-order valence-electron chi connectivity index (χ4n) is 4.11. The zero-order valence-electron chi connectivity index (χ0n) is 22.1. The van der Waals surface area contributed by atoms with Gasteiger partial charge in [-0.1, -0.05) is 9.93 Å². The van der Waals surface area contributed by atoms with E-state index >= 15 is 0 Å². The summed E-state index contributed by atoms with van der Waals surface area (Å²) in [7, 11) is 2.32. The third-order valence-corrected chi connectivity index (χ3v) is 7.85. The van der Waals surface area contributed by atoms with Crippen LogP contribution in [-0.2, 0) is 30.1 Å². The van der Waals surface area contributed by atoms with Crippen LogP contribution in [0.1, 0.15) is 39.2 Å². The maximum absolute atomic E-state index is 13.8. The van der Waals surface area contributed by atoms with Crippen molar-refractivity contribution < 1.29 is 13.8 Å². The molecule has 1 N–H and O–H groups in total. The van der Waals surface area contributed by atoms with E-state index in [2.05, 4.69) is 25.5 Å². The lowest BCUT2D eigenvalue weighted by atomic mass is 10.1. The quantitative estimate of drug-likeness (QED) is 0.353. The van der Waals surface area contributed by atoms with Gasteiger partial charge in [0, 0.05) is 61.8 Å². The van der Waals surface area contributed by atoms with Crippen LogP contribution >= 0.6 is 0 Å². The standard InChI is InChI=1S/C25H32N8O3S/c1-8-33-15(2)16(13-27-33)14-31(4)25(35)22-18-11-17(37(6,7)36)9-10-19(18)28-23(29-22)21-12-20(24(34)26-3)30-32(21)5/h9-13,37H,8,14H2,1-7H3,(H,26,34). The predicted octanol–water partition coefficient (Wildman–Crippen LogP) is 1.82. The summed E-state index contributed by atoms with van der Waals surface area (Å²) < 4.78 is 16.2. The van der Waals surface area contributed by atoms with E-state index in [-0.39, 0.29) is 29.0 Å². The Balaban J connectivity index is 1.85. The second-order valence-corrected chi connectivity index (χ2v) is 12.5. The topological polar surface area (TPSA) is 128 Å². The van der Waals surface area contributed by atoms with Gasteiger partial charge < -0.3 is 10.2 Å². The highest BCUT2D eigenvalue weighted by Crippen LogP contribution is 2.27. The van der Waals surface area contributed by atoms with Gasteiger partial charge in [-0.2, -0.15) is 10.2 Å². The van der Waals surface area contributed by atoms with Gasteiger partial charge in [0.2, 0.25) is 0 Å². The monoisotopic (exact) mass is 524 g/mol. The summed E-state index contributed by atoms with van der Waals surface area (Å²) in [6.07, 6.45) is 5.13. The van der Waals surface area contributed by atoms with E-state index in [1.54, 1.807) is 62.0 Å². The Morgan fingerprint density at radius 2 is 1.89 bits per heavy atom. The number of hydrogen-bond donors (Lipinski definition) is 2. The number of hydrogen-bond acceptors (Lipinski definition) is 7. The Hall–Kier alpha value is -3.93. The molecule has 37 heavy (non-hydrogen) atoms. The van der Waals surface area contributed by atoms with Gasteiger partial charge in [0.15, 0.2) is 11.5 Å². The maximum Gasteiger partial charge on any atom is 0.273 e. The first-order valence-corrected chi connectivity index (χ1v) is 14.4. The van der Waals surface area contributed by atoms with Crippen molar-refractivity contribution in [1.82, 2.24) is 39.7 Å². The molecule has 0 spiro atoms. The molecule has 1 aromatic carbocycles. The number of fused-ring (bicyclic) bond motifs is 1. The van der Waals surface area contributed by atoms with E-state index in [4.69, 9.17) is 0 Å². The van der Waals surface area contributed by atoms with Gasteiger partial charge in [-0.25, -0.2) is 9.97 Å². The minimum Gasteiger partial charge on any atom is -0.354 e. The SMILES string of the molecule is CCn1ncc(CN(C)C(=O)c2nc(-c3cc(C(=O)NC)nn3C)nc3ccc([SH](C)(C)=O)cc23)c1C. The van der Waals surface area contributed by atoms with Crippen LogP contribution in [0.25, 0.3) is 22.4 Å². The molecule has 4 rings (SSSR count). The average Bonchev–Trinajstić information content (AvgIpc) is 3.43. The number of nitrogens with one attached hydrogen (secondary N) is 1. The second kappa shape index (κ2) is 9.85. The lowest BCUT2D eigenvalue weighted by molar-refractivity contribution is 0.0781. The van der Waals surface area contributed by atoms with Crippen LogP contribution in [0.3, 0.4) is 0 Å². The molecule has 0 saturated heterocycles. The van der Waals surface area contributed by atoms with Crippen molar-refractivity contribution in [3.63, 3.8) is 0 Å². The Bertz CT molecular complexity index is 1570. The van der Waals surface area contributed by atoms with Crippen molar-refractivity contribution in [2.45, 2.75) is 31.8 Å². The van der Waals surface area contributed by atoms with Crippen molar-refractivity contribution in [2.75, 3.05) is 26.6 Å². The first-order valence-electron chi connectivity index (χ1n) is 11.8. The van der Waals surface area contributed by atoms with Crippen molar-refractivity contribution in [3.05, 3.63) is 53.1 Å². The summed E-state index contributed by atoms with van der Waals surface area (Å²) in [6.45, 7) is 5.07. The zero-order valence-corrected chi connectivity index (χ0v) is 23.0. The molecular weight excluding hydrogens is 492 g/mol. The van der Waals surface area contributed by atoms with Gasteiger partial charge in [0.25, 0.3) is 11.8 Å². The van der Waals surface area contributed by atoms with Crippen LogP contribution in [0, 0.1) is 6.92 Å². The normalized spacial score (nSPS) is 12.1. The van der Waals surface area contributed by atoms with Gasteiger partial charge >= 0.3 is 0 Å². The third-order valence-electron chi connectivity index (χ3n) is 6.33. The van der Waals surface area contributed by atoms with Crippen LogP contribution < -0.4 is 5.32 Å². The fraction of sp³-hybridized carbons (Fsp3) is 0.360. The molecule has 3 aromatic heterocycles. The molecule has 0 fully saturated rings. The fourth-order valence-corrected chi connectivity index (χ4v) is 4.99. The number of amides is 2. The van der Waals surface area contributed by atoms with Crippen LogP contribution in [-0.4, -0.2) is 77.1 Å². The molecule has 2 amide bonds. The van der Waals surface area contributed by atoms with E-state index in [1.165, 1.54) is 11.7 Å². The van der Waals surface area contributed by atoms with E-state index in [0.29, 0.717) is 28.0 Å². The van der Waals surface area contributed by atoms with Gasteiger partial charge in [0.1, 0.15) is 11.4 Å². The van der Waals surface area contributed by atoms with Crippen molar-refractivity contribution in [1.29, 1.82) is 0 Å². The van der Waals surface area contributed by atoms with E-state index in [0.717, 1.165) is 17.8 Å². The Kier molecular flexibility index (Phi) is 6.96. The minimum atomic E-state index is -2.60. The van der Waals surface area contributed by atoms with Gasteiger partial charge in [-0.3, -0.25) is 23.2 Å². The van der Waals surface area contributed by atoms with E-state index < -0.39 is 9.93 Å². The van der Waals surface area contributed by atoms with E-state index in [1.807, 2.05) is 18.5 Å². The molecule has 0 bridgehead atoms. The molecule has 0 aliphatic rings. The Morgan fingerprint density at radius 1 is 1.16 bits per heavy atom. The molecule has 0 saturated carbocycles. The summed E-state index contributed by atoms with van der Waals surface area (Å²) in [5.41, 5.74) is 3.33. The van der Waals surface area contributed by atoms with Gasteiger partial charge in [-0.05, 0) is 44.6 Å². The highest BCUT2D eigenvalue weighted by atomic mass is 32.2. The maximum atomic E-state index is 13.8. The molecule has 12 heteroatoms. The molecule has 11 nitrogen and oxygen atoms in total. The molecule has 0 aliphatic carbocycles. The van der Waals surface area contributed by atoms with Crippen molar-refractivity contribution in [3.8, 4) is 11.5 Å². The van der Waals surface area contributed by atoms with Gasteiger partial charge in [-0.15, -0.1) is 0 Å². The third kappa shape index (κ3) is 5.01. The predicted molar refractivity (Wildman–Crippen MR) is 143 cm³/mol.